The van der Waals surface area contributed by atoms with Crippen LogP contribution < -0.4 is 4.90 Å². The molecular formula is C13H15N3OS2. The van der Waals surface area contributed by atoms with E-state index in [-0.39, 0.29) is 6.61 Å². The van der Waals surface area contributed by atoms with Crippen LogP contribution in [0, 0.1) is 0 Å². The molecule has 3 aromatic heterocycles. The molecule has 3 aromatic rings. The molecule has 3 rings (SSSR count). The SMILES string of the molecule is CN(CCc1cccs1)c1nc2sccn2c1CO. The number of anilines is 1. The second kappa shape index (κ2) is 5.32. The first-order valence-electron chi connectivity index (χ1n) is 6.08. The third-order valence-electron chi connectivity index (χ3n) is 3.12. The highest BCUT2D eigenvalue weighted by molar-refractivity contribution is 7.15. The molecule has 0 fully saturated rings. The van der Waals surface area contributed by atoms with Crippen LogP contribution in [0.3, 0.4) is 0 Å². The minimum Gasteiger partial charge on any atom is -0.390 e. The van der Waals surface area contributed by atoms with Gasteiger partial charge in [0.25, 0.3) is 0 Å². The Kier molecular flexibility index (Phi) is 3.54. The van der Waals surface area contributed by atoms with Crippen molar-refractivity contribution in [2.75, 3.05) is 18.5 Å². The maximum atomic E-state index is 9.54. The summed E-state index contributed by atoms with van der Waals surface area (Å²) in [4.78, 5) is 9.02. The fourth-order valence-electron chi connectivity index (χ4n) is 2.11. The summed E-state index contributed by atoms with van der Waals surface area (Å²) in [6.07, 6.45) is 2.96. The first kappa shape index (κ1) is 12.7. The number of thiazole rings is 1. The van der Waals surface area contributed by atoms with Crippen LogP contribution in [0.25, 0.3) is 4.96 Å². The summed E-state index contributed by atoms with van der Waals surface area (Å²) in [7, 11) is 2.03. The normalized spacial score (nSPS) is 11.3. The Balaban J connectivity index is 1.80. The molecule has 0 saturated carbocycles. The Morgan fingerprint density at radius 1 is 1.37 bits per heavy atom. The molecule has 1 N–H and O–H groups in total. The van der Waals surface area contributed by atoms with Gasteiger partial charge in [-0.1, -0.05) is 6.07 Å². The lowest BCUT2D eigenvalue weighted by Crippen LogP contribution is -2.21. The van der Waals surface area contributed by atoms with E-state index in [4.69, 9.17) is 0 Å². The van der Waals surface area contributed by atoms with Crippen molar-refractivity contribution >= 4 is 33.5 Å². The van der Waals surface area contributed by atoms with E-state index in [0.29, 0.717) is 0 Å². The summed E-state index contributed by atoms with van der Waals surface area (Å²) in [5.41, 5.74) is 0.866. The van der Waals surface area contributed by atoms with E-state index in [2.05, 4.69) is 27.4 Å². The number of nitrogens with zero attached hydrogens (tertiary/aromatic N) is 3. The van der Waals surface area contributed by atoms with Crippen molar-refractivity contribution in [2.24, 2.45) is 0 Å². The van der Waals surface area contributed by atoms with Crippen LogP contribution in [0.2, 0.25) is 0 Å². The van der Waals surface area contributed by atoms with E-state index in [1.165, 1.54) is 4.88 Å². The summed E-state index contributed by atoms with van der Waals surface area (Å²) in [5.74, 6) is 0.880. The van der Waals surface area contributed by atoms with Gasteiger partial charge in [0, 0.05) is 30.0 Å². The predicted molar refractivity (Wildman–Crippen MR) is 80.3 cm³/mol. The third-order valence-corrected chi connectivity index (χ3v) is 4.82. The molecular weight excluding hydrogens is 278 g/mol. The highest BCUT2D eigenvalue weighted by Gasteiger charge is 2.15. The first-order chi connectivity index (χ1) is 9.29. The summed E-state index contributed by atoms with van der Waals surface area (Å²) < 4.78 is 1.96. The fourth-order valence-corrected chi connectivity index (χ4v) is 3.54. The topological polar surface area (TPSA) is 40.8 Å². The molecule has 0 bridgehead atoms. The van der Waals surface area contributed by atoms with E-state index >= 15 is 0 Å². The van der Waals surface area contributed by atoms with Gasteiger partial charge in [-0.15, -0.1) is 22.7 Å². The molecule has 0 unspecified atom stereocenters. The molecule has 0 amide bonds. The molecule has 4 nitrogen and oxygen atoms in total. The van der Waals surface area contributed by atoms with E-state index in [0.717, 1.165) is 29.4 Å². The molecule has 0 aliphatic carbocycles. The molecule has 0 atom stereocenters. The first-order valence-corrected chi connectivity index (χ1v) is 7.84. The highest BCUT2D eigenvalue weighted by atomic mass is 32.1. The zero-order valence-electron chi connectivity index (χ0n) is 10.6. The maximum absolute atomic E-state index is 9.54. The molecule has 0 aromatic carbocycles. The molecule has 0 saturated heterocycles. The number of hydrogen-bond donors (Lipinski definition) is 1. The van der Waals surface area contributed by atoms with Gasteiger partial charge in [-0.3, -0.25) is 4.40 Å². The van der Waals surface area contributed by atoms with Crippen LogP contribution >= 0.6 is 22.7 Å². The van der Waals surface area contributed by atoms with Gasteiger partial charge < -0.3 is 10.0 Å². The van der Waals surface area contributed by atoms with Crippen LogP contribution in [0.5, 0.6) is 0 Å². The zero-order chi connectivity index (χ0) is 13.2. The van der Waals surface area contributed by atoms with Crippen LogP contribution in [0.1, 0.15) is 10.6 Å². The van der Waals surface area contributed by atoms with Crippen LogP contribution in [0.4, 0.5) is 5.82 Å². The van der Waals surface area contributed by atoms with Gasteiger partial charge in [-0.25, -0.2) is 4.98 Å². The lowest BCUT2D eigenvalue weighted by molar-refractivity contribution is 0.276. The Hall–Kier alpha value is -1.37. The lowest BCUT2D eigenvalue weighted by Gasteiger charge is -2.17. The average molecular weight is 293 g/mol. The van der Waals surface area contributed by atoms with E-state index in [9.17, 15) is 5.11 Å². The number of hydrogen-bond acceptors (Lipinski definition) is 5. The molecule has 6 heteroatoms. The van der Waals surface area contributed by atoms with Gasteiger partial charge in [0.05, 0.1) is 12.3 Å². The van der Waals surface area contributed by atoms with Crippen LogP contribution in [0.15, 0.2) is 29.1 Å². The van der Waals surface area contributed by atoms with E-state index in [1.807, 2.05) is 23.0 Å². The van der Waals surface area contributed by atoms with Gasteiger partial charge in [0.15, 0.2) is 10.8 Å². The average Bonchev–Trinajstić information content (AvgIpc) is 3.11. The van der Waals surface area contributed by atoms with Crippen LogP contribution in [-0.4, -0.2) is 28.1 Å². The van der Waals surface area contributed by atoms with Crippen molar-refractivity contribution in [2.45, 2.75) is 13.0 Å². The second-order valence-electron chi connectivity index (χ2n) is 4.35. The zero-order valence-corrected chi connectivity index (χ0v) is 12.2. The number of thiophene rings is 1. The second-order valence-corrected chi connectivity index (χ2v) is 6.25. The van der Waals surface area contributed by atoms with Crippen molar-refractivity contribution in [3.8, 4) is 0 Å². The number of aromatic nitrogens is 2. The number of rotatable bonds is 5. The van der Waals surface area contributed by atoms with Crippen molar-refractivity contribution in [1.29, 1.82) is 0 Å². The minimum atomic E-state index is 0.0105. The van der Waals surface area contributed by atoms with Crippen molar-refractivity contribution < 1.29 is 5.11 Å². The summed E-state index contributed by atoms with van der Waals surface area (Å²) in [6.45, 7) is 0.912. The van der Waals surface area contributed by atoms with Gasteiger partial charge in [-0.2, -0.15) is 0 Å². The standard InChI is InChI=1S/C13H15N3OS2/c1-15(5-4-10-3-2-7-18-10)12-11(9-17)16-6-8-19-13(16)14-12/h2-3,6-8,17H,4-5,9H2,1H3. The molecule has 0 aliphatic heterocycles. The number of fused-ring (bicyclic) bond motifs is 1. The number of aliphatic hydroxyl groups is 1. The quantitative estimate of drug-likeness (QED) is 0.786. The van der Waals surface area contributed by atoms with E-state index in [1.54, 1.807) is 22.7 Å². The number of aliphatic hydroxyl groups excluding tert-OH is 1. The van der Waals surface area contributed by atoms with Crippen molar-refractivity contribution in [3.05, 3.63) is 39.7 Å². The Labute approximate surface area is 119 Å². The van der Waals surface area contributed by atoms with Gasteiger partial charge >= 0.3 is 0 Å². The Morgan fingerprint density at radius 2 is 2.26 bits per heavy atom. The molecule has 3 heterocycles. The molecule has 100 valence electrons. The molecule has 0 spiro atoms. The Bertz CT molecular complexity index is 657. The maximum Gasteiger partial charge on any atom is 0.195 e. The van der Waals surface area contributed by atoms with Gasteiger partial charge in [-0.05, 0) is 17.9 Å². The number of imidazole rings is 1. The van der Waals surface area contributed by atoms with Gasteiger partial charge in [0.1, 0.15) is 0 Å². The summed E-state index contributed by atoms with van der Waals surface area (Å²) in [6, 6.07) is 4.23. The molecule has 19 heavy (non-hydrogen) atoms. The largest absolute Gasteiger partial charge is 0.390 e. The monoisotopic (exact) mass is 293 g/mol. The lowest BCUT2D eigenvalue weighted by atomic mass is 10.3. The highest BCUT2D eigenvalue weighted by Crippen LogP contribution is 2.24. The minimum absolute atomic E-state index is 0.0105. The number of likely N-dealkylation sites (N-methyl/N-ethyl adjacent to an activating group) is 1. The summed E-state index contributed by atoms with van der Waals surface area (Å²) >= 11 is 3.36. The smallest absolute Gasteiger partial charge is 0.195 e. The van der Waals surface area contributed by atoms with E-state index < -0.39 is 0 Å². The molecule has 0 radical (unpaired) electrons. The van der Waals surface area contributed by atoms with Crippen LogP contribution in [-0.2, 0) is 13.0 Å². The fraction of sp³-hybridized carbons (Fsp3) is 0.308. The van der Waals surface area contributed by atoms with Gasteiger partial charge in [0.2, 0.25) is 0 Å². The van der Waals surface area contributed by atoms with Crippen molar-refractivity contribution in [1.82, 2.24) is 9.38 Å². The third kappa shape index (κ3) is 2.39. The predicted octanol–water partition coefficient (Wildman–Crippen LogP) is 2.63. The Morgan fingerprint density at radius 3 is 3.00 bits per heavy atom. The van der Waals surface area contributed by atoms with Crippen molar-refractivity contribution in [3.63, 3.8) is 0 Å². The molecule has 0 aliphatic rings. The summed E-state index contributed by atoms with van der Waals surface area (Å²) in [5, 5.41) is 13.6.